The molecule has 1 aliphatic rings. The lowest BCUT2D eigenvalue weighted by molar-refractivity contribution is 0.515. The van der Waals surface area contributed by atoms with E-state index in [1.54, 1.807) is 0 Å². The fourth-order valence-corrected chi connectivity index (χ4v) is 2.63. The van der Waals surface area contributed by atoms with Crippen molar-refractivity contribution >= 4 is 11.8 Å². The van der Waals surface area contributed by atoms with Crippen molar-refractivity contribution in [3.63, 3.8) is 0 Å². The highest BCUT2D eigenvalue weighted by Crippen LogP contribution is 2.46. The third kappa shape index (κ3) is 2.99. The van der Waals surface area contributed by atoms with E-state index in [4.69, 9.17) is 0 Å². The van der Waals surface area contributed by atoms with Crippen LogP contribution in [0.15, 0.2) is 18.2 Å². The van der Waals surface area contributed by atoms with Gasteiger partial charge in [0.2, 0.25) is 0 Å². The molecule has 0 spiro atoms. The maximum Gasteiger partial charge on any atom is 0.128 e. The Balaban J connectivity index is 1.99. The van der Waals surface area contributed by atoms with Gasteiger partial charge >= 0.3 is 0 Å². The summed E-state index contributed by atoms with van der Waals surface area (Å²) in [6.07, 6.45) is 4.52. The SMILES string of the molecule is CSC1(CNC(C)c2cc(F)ccc2F)CC1. The Morgan fingerprint density at radius 3 is 2.71 bits per heavy atom. The topological polar surface area (TPSA) is 12.0 Å². The van der Waals surface area contributed by atoms with Crippen LogP contribution in [0.25, 0.3) is 0 Å². The van der Waals surface area contributed by atoms with Gasteiger partial charge in [0.25, 0.3) is 0 Å². The second-order valence-electron chi connectivity index (χ2n) is 4.66. The minimum absolute atomic E-state index is 0.157. The summed E-state index contributed by atoms with van der Waals surface area (Å²) in [7, 11) is 0. The van der Waals surface area contributed by atoms with Gasteiger partial charge in [0.05, 0.1) is 0 Å². The van der Waals surface area contributed by atoms with Gasteiger partial charge in [-0.3, -0.25) is 0 Å². The summed E-state index contributed by atoms with van der Waals surface area (Å²) in [5.41, 5.74) is 0.405. The fourth-order valence-electron chi connectivity index (χ4n) is 1.89. The number of benzene rings is 1. The molecule has 0 amide bonds. The molecule has 1 saturated carbocycles. The van der Waals surface area contributed by atoms with Gasteiger partial charge in [0, 0.05) is 22.9 Å². The minimum atomic E-state index is -0.388. The Labute approximate surface area is 105 Å². The number of halogens is 2. The predicted octanol–water partition coefficient (Wildman–Crippen LogP) is 3.51. The molecule has 17 heavy (non-hydrogen) atoms. The summed E-state index contributed by atoms with van der Waals surface area (Å²) in [6, 6.07) is 3.45. The summed E-state index contributed by atoms with van der Waals surface area (Å²) in [5.74, 6) is -0.735. The van der Waals surface area contributed by atoms with Gasteiger partial charge in [0.1, 0.15) is 11.6 Å². The molecule has 1 atom stereocenters. The first-order chi connectivity index (χ1) is 8.06. The van der Waals surface area contributed by atoms with Gasteiger partial charge in [-0.15, -0.1) is 0 Å². The van der Waals surface area contributed by atoms with Crippen LogP contribution in [0, 0.1) is 11.6 Å². The second-order valence-corrected chi connectivity index (χ2v) is 5.93. The van der Waals surface area contributed by atoms with Crippen molar-refractivity contribution in [2.45, 2.75) is 30.6 Å². The molecule has 1 unspecified atom stereocenters. The van der Waals surface area contributed by atoms with Gasteiger partial charge in [-0.25, -0.2) is 8.78 Å². The summed E-state index contributed by atoms with van der Waals surface area (Å²) in [6.45, 7) is 2.72. The van der Waals surface area contributed by atoms with Crippen LogP contribution in [-0.4, -0.2) is 17.5 Å². The second kappa shape index (κ2) is 4.94. The first-order valence-electron chi connectivity index (χ1n) is 5.80. The number of rotatable bonds is 5. The standard InChI is InChI=1S/C13H17F2NS/c1-9(16-8-13(17-2)5-6-13)11-7-10(14)3-4-12(11)15/h3-4,7,9,16H,5-6,8H2,1-2H3. The van der Waals surface area contributed by atoms with Crippen LogP contribution in [0.1, 0.15) is 31.4 Å². The maximum absolute atomic E-state index is 13.5. The normalized spacial score (nSPS) is 19.1. The highest BCUT2D eigenvalue weighted by molar-refractivity contribution is 8.00. The molecule has 0 heterocycles. The molecule has 1 nitrogen and oxygen atoms in total. The van der Waals surface area contributed by atoms with Crippen LogP contribution in [0.5, 0.6) is 0 Å². The third-order valence-corrected chi connectivity index (χ3v) is 4.81. The van der Waals surface area contributed by atoms with E-state index in [-0.39, 0.29) is 17.7 Å². The van der Waals surface area contributed by atoms with Gasteiger partial charge in [-0.2, -0.15) is 11.8 Å². The molecule has 0 bridgehead atoms. The highest BCUT2D eigenvalue weighted by Gasteiger charge is 2.41. The van der Waals surface area contributed by atoms with Crippen molar-refractivity contribution in [1.29, 1.82) is 0 Å². The quantitative estimate of drug-likeness (QED) is 0.866. The van der Waals surface area contributed by atoms with Gasteiger partial charge in [-0.05, 0) is 44.2 Å². The van der Waals surface area contributed by atoms with Crippen LogP contribution in [0.4, 0.5) is 8.78 Å². The van der Waals surface area contributed by atoms with Crippen molar-refractivity contribution in [3.8, 4) is 0 Å². The average Bonchev–Trinajstić information content (AvgIpc) is 3.10. The van der Waals surface area contributed by atoms with Crippen LogP contribution < -0.4 is 5.32 Å². The molecular weight excluding hydrogens is 240 g/mol. The maximum atomic E-state index is 13.5. The molecule has 2 rings (SSSR count). The molecule has 0 saturated heterocycles. The first-order valence-corrected chi connectivity index (χ1v) is 7.02. The van der Waals surface area contributed by atoms with E-state index in [1.165, 1.54) is 25.0 Å². The lowest BCUT2D eigenvalue weighted by Crippen LogP contribution is -2.29. The zero-order chi connectivity index (χ0) is 12.5. The van der Waals surface area contributed by atoms with Crippen molar-refractivity contribution in [1.82, 2.24) is 5.32 Å². The lowest BCUT2D eigenvalue weighted by atomic mass is 10.1. The van der Waals surface area contributed by atoms with E-state index in [2.05, 4.69) is 11.6 Å². The Bertz CT molecular complexity index is 404. The van der Waals surface area contributed by atoms with E-state index >= 15 is 0 Å². The van der Waals surface area contributed by atoms with Crippen LogP contribution in [-0.2, 0) is 0 Å². The van der Waals surface area contributed by atoms with Crippen LogP contribution in [0.3, 0.4) is 0 Å². The smallest absolute Gasteiger partial charge is 0.128 e. The predicted molar refractivity (Wildman–Crippen MR) is 68.3 cm³/mol. The molecule has 0 aromatic heterocycles. The van der Waals surface area contributed by atoms with E-state index in [9.17, 15) is 8.78 Å². The number of nitrogens with one attached hydrogen (secondary N) is 1. The Hall–Kier alpha value is -0.610. The molecule has 1 fully saturated rings. The summed E-state index contributed by atoms with van der Waals surface area (Å²) >= 11 is 1.85. The van der Waals surface area contributed by atoms with Gasteiger partial charge in [0.15, 0.2) is 0 Å². The molecule has 1 N–H and O–H groups in total. The molecule has 94 valence electrons. The minimum Gasteiger partial charge on any atom is -0.309 e. The monoisotopic (exact) mass is 257 g/mol. The van der Waals surface area contributed by atoms with Crippen molar-refractivity contribution < 1.29 is 8.78 Å². The Morgan fingerprint density at radius 1 is 1.41 bits per heavy atom. The number of thioether (sulfide) groups is 1. The molecule has 1 aromatic carbocycles. The zero-order valence-electron chi connectivity index (χ0n) is 10.1. The lowest BCUT2D eigenvalue weighted by Gasteiger charge is -2.19. The molecule has 1 aromatic rings. The third-order valence-electron chi connectivity index (χ3n) is 3.40. The first kappa shape index (κ1) is 12.8. The van der Waals surface area contributed by atoms with E-state index in [0.29, 0.717) is 10.3 Å². The van der Waals surface area contributed by atoms with Crippen molar-refractivity contribution in [2.24, 2.45) is 0 Å². The van der Waals surface area contributed by atoms with Crippen molar-refractivity contribution in [2.75, 3.05) is 12.8 Å². The average molecular weight is 257 g/mol. The van der Waals surface area contributed by atoms with E-state index in [0.717, 1.165) is 12.6 Å². The number of hydrogen-bond acceptors (Lipinski definition) is 2. The summed E-state index contributed by atoms with van der Waals surface area (Å²) < 4.78 is 26.9. The molecule has 4 heteroatoms. The number of hydrogen-bond donors (Lipinski definition) is 1. The van der Waals surface area contributed by atoms with Gasteiger partial charge < -0.3 is 5.32 Å². The van der Waals surface area contributed by atoms with E-state index < -0.39 is 0 Å². The van der Waals surface area contributed by atoms with E-state index in [1.807, 2.05) is 18.7 Å². The molecule has 0 radical (unpaired) electrons. The van der Waals surface area contributed by atoms with Crippen LogP contribution in [0.2, 0.25) is 0 Å². The van der Waals surface area contributed by atoms with Crippen molar-refractivity contribution in [3.05, 3.63) is 35.4 Å². The fraction of sp³-hybridized carbons (Fsp3) is 0.538. The highest BCUT2D eigenvalue weighted by atomic mass is 32.2. The van der Waals surface area contributed by atoms with Crippen LogP contribution >= 0.6 is 11.8 Å². The Morgan fingerprint density at radius 2 is 2.12 bits per heavy atom. The summed E-state index contributed by atoms with van der Waals surface area (Å²) in [4.78, 5) is 0. The van der Waals surface area contributed by atoms with Gasteiger partial charge in [-0.1, -0.05) is 0 Å². The zero-order valence-corrected chi connectivity index (χ0v) is 10.9. The summed E-state index contributed by atoms with van der Waals surface area (Å²) in [5, 5.41) is 3.29. The molecule has 1 aliphatic carbocycles. The largest absolute Gasteiger partial charge is 0.309 e. The Kier molecular flexibility index (Phi) is 3.73. The molecule has 0 aliphatic heterocycles. The molecular formula is C13H17F2NS.